The molecule has 7 rings (SSSR count). The third-order valence-corrected chi connectivity index (χ3v) is 35.6. The van der Waals surface area contributed by atoms with Gasteiger partial charge in [0, 0.05) is 50.1 Å². The SMILES string of the molecule is CCCCCCCCCCCCOc1c(OCCCCCCCCCCCC)c(-c2ccc(-c3ccc(-c4cc(O[Si](CCCCCC)(CCCCCC)CCCCCC)c(-c5ccc(C)s5)cc4O[Si](CCCCCC)(CCCCCC)CCCCCC)s3)s2)c2nsnc2c1-c1ccc(C)s1. The summed E-state index contributed by atoms with van der Waals surface area (Å²) in [5, 5.41) is 0. The van der Waals surface area contributed by atoms with Crippen LogP contribution in [0.3, 0.4) is 0 Å². The minimum absolute atomic E-state index is 0.637. The van der Waals surface area contributed by atoms with Gasteiger partial charge in [0.15, 0.2) is 11.5 Å². The van der Waals surface area contributed by atoms with Crippen LogP contribution in [0.15, 0.2) is 60.7 Å². The Bertz CT molecular complexity index is 3280. The van der Waals surface area contributed by atoms with Gasteiger partial charge in [-0.15, -0.1) is 45.3 Å². The number of hydrogen-bond donors (Lipinski definition) is 0. The van der Waals surface area contributed by atoms with Crippen LogP contribution in [0.1, 0.15) is 348 Å². The Kier molecular flexibility index (Phi) is 43.2. The number of fused-ring (bicyclic) bond motifs is 1. The average Bonchev–Trinajstić information content (AvgIpc) is 1.66. The Labute approximate surface area is 652 Å². The molecular formula is C90H144N2O4S5Si2. The van der Waals surface area contributed by atoms with Crippen LogP contribution in [0.5, 0.6) is 23.0 Å². The van der Waals surface area contributed by atoms with Gasteiger partial charge in [0.05, 0.1) is 36.1 Å². The monoisotopic (exact) mass is 1530 g/mol. The van der Waals surface area contributed by atoms with E-state index in [1.54, 1.807) is 0 Å². The average molecular weight is 1530 g/mol. The van der Waals surface area contributed by atoms with E-state index >= 15 is 0 Å². The van der Waals surface area contributed by atoms with E-state index in [4.69, 9.17) is 27.1 Å². The number of hydrogen-bond acceptors (Lipinski definition) is 11. The fraction of sp³-hybridized carbons (Fsp3) is 0.689. The summed E-state index contributed by atoms with van der Waals surface area (Å²) in [6, 6.07) is 31.4. The van der Waals surface area contributed by atoms with Gasteiger partial charge in [-0.25, -0.2) is 0 Å². The lowest BCUT2D eigenvalue weighted by Crippen LogP contribution is -2.42. The maximum Gasteiger partial charge on any atom is 0.251 e. The van der Waals surface area contributed by atoms with Crippen LogP contribution in [0.4, 0.5) is 0 Å². The number of aryl methyl sites for hydroxylation is 2. The quantitative estimate of drug-likeness (QED) is 0.0280. The predicted octanol–water partition coefficient (Wildman–Crippen LogP) is 33.6. The zero-order valence-electron chi connectivity index (χ0n) is 67.1. The highest BCUT2D eigenvalue weighted by atomic mass is 32.1. The predicted molar refractivity (Wildman–Crippen MR) is 467 cm³/mol. The molecule has 0 aliphatic rings. The van der Waals surface area contributed by atoms with Gasteiger partial charge in [-0.2, -0.15) is 8.75 Å². The molecule has 0 aliphatic heterocycles. The number of unbranched alkanes of at least 4 members (excludes halogenated alkanes) is 36. The third-order valence-electron chi connectivity index (χ3n) is 21.7. The van der Waals surface area contributed by atoms with Crippen LogP contribution in [0, 0.1) is 13.8 Å². The largest absolute Gasteiger partial charge is 0.543 e. The molecule has 5 aromatic heterocycles. The van der Waals surface area contributed by atoms with Crippen LogP contribution < -0.4 is 18.3 Å². The van der Waals surface area contributed by atoms with E-state index < -0.39 is 16.6 Å². The summed E-state index contributed by atoms with van der Waals surface area (Å²) < 4.78 is 41.7. The highest BCUT2D eigenvalue weighted by molar-refractivity contribution is 7.25. The van der Waals surface area contributed by atoms with Gasteiger partial charge in [0.1, 0.15) is 22.5 Å². The summed E-state index contributed by atoms with van der Waals surface area (Å²) in [6.07, 6.45) is 56.4. The van der Waals surface area contributed by atoms with Crippen LogP contribution in [-0.4, -0.2) is 38.6 Å². The molecule has 0 radical (unpaired) electrons. The number of benzene rings is 2. The first kappa shape index (κ1) is 86.9. The Hall–Kier alpha value is -3.31. The van der Waals surface area contributed by atoms with Crippen molar-refractivity contribution in [2.24, 2.45) is 0 Å². The summed E-state index contributed by atoms with van der Waals surface area (Å²) in [5.41, 5.74) is 6.40. The maximum atomic E-state index is 8.36. The Morgan fingerprint density at radius 1 is 0.282 bits per heavy atom. The third kappa shape index (κ3) is 29.6. The van der Waals surface area contributed by atoms with E-state index in [1.807, 2.05) is 45.3 Å². The van der Waals surface area contributed by atoms with Gasteiger partial charge in [0.25, 0.3) is 16.6 Å². The first-order valence-corrected chi connectivity index (χ1v) is 52.1. The topological polar surface area (TPSA) is 62.7 Å². The molecule has 0 amide bonds. The van der Waals surface area contributed by atoms with Gasteiger partial charge < -0.3 is 18.3 Å². The van der Waals surface area contributed by atoms with Crippen molar-refractivity contribution in [1.29, 1.82) is 0 Å². The van der Waals surface area contributed by atoms with E-state index in [0.717, 1.165) is 69.3 Å². The molecule has 0 fully saturated rings. The fourth-order valence-corrected chi connectivity index (χ4v) is 28.7. The summed E-state index contributed by atoms with van der Waals surface area (Å²) in [5.74, 6) is 3.91. The Morgan fingerprint density at radius 3 is 0.854 bits per heavy atom. The first-order valence-electron chi connectivity index (χ1n) is 43.1. The summed E-state index contributed by atoms with van der Waals surface area (Å²) in [7, 11) is -4.68. The second-order valence-electron chi connectivity index (χ2n) is 30.9. The molecule has 0 saturated carbocycles. The molecule has 0 saturated heterocycles. The molecular weight excluding hydrogens is 1390 g/mol. The number of ether oxygens (including phenoxy) is 2. The van der Waals surface area contributed by atoms with Crippen molar-refractivity contribution >= 4 is 84.7 Å². The van der Waals surface area contributed by atoms with Crippen molar-refractivity contribution in [2.45, 2.75) is 388 Å². The molecule has 0 spiro atoms. The lowest BCUT2D eigenvalue weighted by Gasteiger charge is -2.36. The molecule has 0 aliphatic carbocycles. The van der Waals surface area contributed by atoms with Gasteiger partial charge >= 0.3 is 0 Å². The second-order valence-corrected chi connectivity index (χ2v) is 44.3. The molecule has 103 heavy (non-hydrogen) atoms. The van der Waals surface area contributed by atoms with Crippen LogP contribution in [-0.2, 0) is 0 Å². The molecule has 576 valence electrons. The van der Waals surface area contributed by atoms with Crippen molar-refractivity contribution in [3.05, 3.63) is 70.4 Å². The van der Waals surface area contributed by atoms with Crippen molar-refractivity contribution in [2.75, 3.05) is 13.2 Å². The first-order chi connectivity index (χ1) is 50.6. The highest BCUT2D eigenvalue weighted by Crippen LogP contribution is 2.55. The maximum absolute atomic E-state index is 8.36. The number of nitrogens with zero attached hydrogens (tertiary/aromatic N) is 2. The number of aromatic nitrogens is 2. The Morgan fingerprint density at radius 2 is 0.534 bits per heavy atom. The number of rotatable bonds is 63. The molecule has 6 nitrogen and oxygen atoms in total. The van der Waals surface area contributed by atoms with Gasteiger partial charge in [-0.05, 0) is 124 Å². The summed E-state index contributed by atoms with van der Waals surface area (Å²) in [4.78, 5) is 10.1. The molecule has 0 N–H and O–H groups in total. The minimum atomic E-state index is -2.36. The van der Waals surface area contributed by atoms with Gasteiger partial charge in [-0.3, -0.25) is 0 Å². The van der Waals surface area contributed by atoms with Crippen LogP contribution in [0.25, 0.3) is 62.6 Å². The zero-order valence-corrected chi connectivity index (χ0v) is 73.2. The second kappa shape index (κ2) is 51.2. The smallest absolute Gasteiger partial charge is 0.251 e. The lowest BCUT2D eigenvalue weighted by atomic mass is 10.0. The van der Waals surface area contributed by atoms with E-state index in [2.05, 4.69) is 130 Å². The molecule has 0 unspecified atom stereocenters. The molecule has 0 atom stereocenters. The number of thiophene rings is 4. The lowest BCUT2D eigenvalue weighted by molar-refractivity contribution is 0.260. The van der Waals surface area contributed by atoms with E-state index in [-0.39, 0.29) is 0 Å². The van der Waals surface area contributed by atoms with Gasteiger partial charge in [0.2, 0.25) is 0 Å². The van der Waals surface area contributed by atoms with E-state index in [0.29, 0.717) is 13.2 Å². The van der Waals surface area contributed by atoms with E-state index in [1.165, 1.54) is 357 Å². The highest BCUT2D eigenvalue weighted by Gasteiger charge is 2.40. The zero-order chi connectivity index (χ0) is 73.0. The molecule has 2 aromatic carbocycles. The van der Waals surface area contributed by atoms with Gasteiger partial charge in [-0.1, -0.05) is 325 Å². The molecule has 13 heteroatoms. The van der Waals surface area contributed by atoms with Crippen molar-refractivity contribution in [3.8, 4) is 74.5 Å². The summed E-state index contributed by atoms with van der Waals surface area (Å²) in [6.45, 7) is 24.6. The minimum Gasteiger partial charge on any atom is -0.543 e. The molecule has 7 aromatic rings. The van der Waals surface area contributed by atoms with E-state index in [9.17, 15) is 0 Å². The standard InChI is InChI=1S/C90H144N2O4S5Si2/c1-11-19-27-35-37-39-41-43-45-47-63-93-89-85(83-58-56-74(10)98-83)87-88(92-101-91-87)86(90(89)94-64-48-46-44-42-40-38-36-28-20-12-2)84-62-61-82(100-84)81-60-59-80(99-81)76-72-77(95-102(65-49-29-21-13-3,66-50-30-22-14-4)67-51-31-23-15-5)75(79-57-55-73(9)97-79)71-78(76)96-103(68-52-32-24-16-6,69-53-33-25-17-7)70-54-34-26-18-8/h55-62,71-72H,11-54,63-70H2,1-10H3. The Balaban J connectivity index is 1.37. The van der Waals surface area contributed by atoms with Crippen LogP contribution in [0.2, 0.25) is 36.3 Å². The molecule has 5 heterocycles. The summed E-state index contributed by atoms with van der Waals surface area (Å²) >= 11 is 8.89. The van der Waals surface area contributed by atoms with Crippen molar-refractivity contribution in [3.63, 3.8) is 0 Å². The normalized spacial score (nSPS) is 12.1. The fourth-order valence-electron chi connectivity index (χ4n) is 15.5. The van der Waals surface area contributed by atoms with Crippen molar-refractivity contribution in [1.82, 2.24) is 8.75 Å². The van der Waals surface area contributed by atoms with Crippen LogP contribution >= 0.6 is 57.1 Å². The molecule has 0 bridgehead atoms. The van der Waals surface area contributed by atoms with Crippen molar-refractivity contribution < 1.29 is 18.3 Å².